The van der Waals surface area contributed by atoms with Gasteiger partial charge in [-0.3, -0.25) is 0 Å². The summed E-state index contributed by atoms with van der Waals surface area (Å²) in [4.78, 5) is 8.36. The molecule has 18 heavy (non-hydrogen) atoms. The Balaban J connectivity index is 1.97. The second kappa shape index (κ2) is 6.12. The second-order valence-corrected chi connectivity index (χ2v) is 4.04. The van der Waals surface area contributed by atoms with E-state index in [0.29, 0.717) is 6.54 Å². The minimum absolute atomic E-state index is 0.226. The summed E-state index contributed by atoms with van der Waals surface area (Å²) in [5.41, 5.74) is 1.19. The highest BCUT2D eigenvalue weighted by molar-refractivity contribution is 5.30. The van der Waals surface area contributed by atoms with Crippen LogP contribution in [-0.2, 0) is 6.54 Å². The van der Waals surface area contributed by atoms with Crippen LogP contribution in [0.4, 0.5) is 0 Å². The maximum absolute atomic E-state index is 5.22. The van der Waals surface area contributed by atoms with Crippen LogP contribution in [0.1, 0.15) is 24.4 Å². The molecular formula is C14H17N3O. The van der Waals surface area contributed by atoms with Gasteiger partial charge >= 0.3 is 0 Å². The van der Waals surface area contributed by atoms with Gasteiger partial charge in [-0.15, -0.1) is 0 Å². The summed E-state index contributed by atoms with van der Waals surface area (Å²) in [5, 5.41) is 3.39. The minimum Gasteiger partial charge on any atom is -0.497 e. The number of rotatable bonds is 5. The highest BCUT2D eigenvalue weighted by Gasteiger charge is 2.06. The highest BCUT2D eigenvalue weighted by atomic mass is 16.5. The Kier molecular flexibility index (Phi) is 4.25. The molecule has 0 unspecified atom stereocenters. The number of nitrogens with zero attached hydrogens (tertiary/aromatic N) is 2. The molecule has 1 N–H and O–H groups in total. The fourth-order valence-electron chi connectivity index (χ4n) is 1.69. The maximum Gasteiger partial charge on any atom is 0.141 e. The lowest BCUT2D eigenvalue weighted by atomic mass is 10.1. The van der Waals surface area contributed by atoms with Gasteiger partial charge in [0.2, 0.25) is 0 Å². The monoisotopic (exact) mass is 243 g/mol. The molecule has 0 saturated heterocycles. The maximum atomic E-state index is 5.22. The third-order valence-electron chi connectivity index (χ3n) is 2.78. The van der Waals surface area contributed by atoms with Crippen LogP contribution in [0.2, 0.25) is 0 Å². The lowest BCUT2D eigenvalue weighted by molar-refractivity contribution is 0.413. The summed E-state index contributed by atoms with van der Waals surface area (Å²) in [6.07, 6.45) is 3.50. The predicted octanol–water partition coefficient (Wildman–Crippen LogP) is 2.34. The number of hydrogen-bond donors (Lipinski definition) is 1. The van der Waals surface area contributed by atoms with Gasteiger partial charge in [-0.1, -0.05) is 12.1 Å². The van der Waals surface area contributed by atoms with Crippen molar-refractivity contribution in [1.29, 1.82) is 0 Å². The van der Waals surface area contributed by atoms with Crippen molar-refractivity contribution in [2.24, 2.45) is 0 Å². The fourth-order valence-corrected chi connectivity index (χ4v) is 1.69. The fraction of sp³-hybridized carbons (Fsp3) is 0.286. The number of nitrogens with one attached hydrogen (secondary N) is 1. The van der Waals surface area contributed by atoms with E-state index in [-0.39, 0.29) is 6.04 Å². The molecule has 4 heteroatoms. The van der Waals surface area contributed by atoms with Gasteiger partial charge in [-0.2, -0.15) is 0 Å². The van der Waals surface area contributed by atoms with Crippen LogP contribution < -0.4 is 10.1 Å². The SMILES string of the molecule is COc1cccc([C@@H](C)NCc2ncccn2)c1. The summed E-state index contributed by atoms with van der Waals surface area (Å²) >= 11 is 0. The van der Waals surface area contributed by atoms with Crippen molar-refractivity contribution in [1.82, 2.24) is 15.3 Å². The van der Waals surface area contributed by atoms with E-state index in [4.69, 9.17) is 4.74 Å². The molecule has 4 nitrogen and oxygen atoms in total. The van der Waals surface area contributed by atoms with Crippen molar-refractivity contribution in [3.8, 4) is 5.75 Å². The van der Waals surface area contributed by atoms with Crippen molar-refractivity contribution in [2.75, 3.05) is 7.11 Å². The average molecular weight is 243 g/mol. The van der Waals surface area contributed by atoms with E-state index in [1.165, 1.54) is 5.56 Å². The molecule has 2 aromatic rings. The number of hydrogen-bond acceptors (Lipinski definition) is 4. The van der Waals surface area contributed by atoms with Crippen LogP contribution in [0.25, 0.3) is 0 Å². The Morgan fingerprint density at radius 3 is 2.72 bits per heavy atom. The van der Waals surface area contributed by atoms with Crippen molar-refractivity contribution in [2.45, 2.75) is 19.5 Å². The summed E-state index contributed by atoms with van der Waals surface area (Å²) in [6, 6.07) is 10.1. The Morgan fingerprint density at radius 1 is 1.22 bits per heavy atom. The first-order valence-electron chi connectivity index (χ1n) is 5.93. The van der Waals surface area contributed by atoms with E-state index in [1.54, 1.807) is 19.5 Å². The van der Waals surface area contributed by atoms with Crippen LogP contribution in [0.5, 0.6) is 5.75 Å². The van der Waals surface area contributed by atoms with Crippen LogP contribution in [0.3, 0.4) is 0 Å². The molecule has 0 fully saturated rings. The zero-order chi connectivity index (χ0) is 12.8. The predicted molar refractivity (Wildman–Crippen MR) is 70.3 cm³/mol. The first-order valence-corrected chi connectivity index (χ1v) is 5.93. The van der Waals surface area contributed by atoms with Gasteiger partial charge in [-0.25, -0.2) is 9.97 Å². The van der Waals surface area contributed by atoms with E-state index in [0.717, 1.165) is 11.6 Å². The lowest BCUT2D eigenvalue weighted by Crippen LogP contribution is -2.19. The van der Waals surface area contributed by atoms with Gasteiger partial charge in [0.25, 0.3) is 0 Å². The number of benzene rings is 1. The van der Waals surface area contributed by atoms with Crippen molar-refractivity contribution < 1.29 is 4.74 Å². The Labute approximate surface area is 107 Å². The Morgan fingerprint density at radius 2 is 2.00 bits per heavy atom. The normalized spacial score (nSPS) is 12.1. The molecule has 0 radical (unpaired) electrons. The number of aromatic nitrogens is 2. The third kappa shape index (κ3) is 3.28. The second-order valence-electron chi connectivity index (χ2n) is 4.04. The van der Waals surface area contributed by atoms with Crippen molar-refractivity contribution in [3.05, 3.63) is 54.1 Å². The highest BCUT2D eigenvalue weighted by Crippen LogP contribution is 2.18. The average Bonchev–Trinajstić information content (AvgIpc) is 2.46. The molecule has 1 aromatic heterocycles. The van der Waals surface area contributed by atoms with Crippen LogP contribution in [0, 0.1) is 0 Å². The van der Waals surface area contributed by atoms with Crippen LogP contribution >= 0.6 is 0 Å². The Hall–Kier alpha value is -1.94. The van der Waals surface area contributed by atoms with Crippen LogP contribution in [-0.4, -0.2) is 17.1 Å². The summed E-state index contributed by atoms with van der Waals surface area (Å²) in [7, 11) is 1.68. The van der Waals surface area contributed by atoms with E-state index in [9.17, 15) is 0 Å². The molecule has 2 rings (SSSR count). The quantitative estimate of drug-likeness (QED) is 0.875. The molecule has 1 aromatic carbocycles. The Bertz CT molecular complexity index is 487. The molecule has 1 atom stereocenters. The number of methoxy groups -OCH3 is 1. The van der Waals surface area contributed by atoms with Gasteiger partial charge in [0, 0.05) is 18.4 Å². The van der Waals surface area contributed by atoms with E-state index in [2.05, 4.69) is 28.3 Å². The minimum atomic E-state index is 0.226. The van der Waals surface area contributed by atoms with Gasteiger partial charge in [-0.05, 0) is 30.7 Å². The summed E-state index contributed by atoms with van der Waals surface area (Å²) < 4.78 is 5.22. The van der Waals surface area contributed by atoms with E-state index in [1.807, 2.05) is 24.3 Å². The molecule has 0 aliphatic heterocycles. The molecule has 0 bridgehead atoms. The lowest BCUT2D eigenvalue weighted by Gasteiger charge is -2.14. The first kappa shape index (κ1) is 12.5. The van der Waals surface area contributed by atoms with Gasteiger partial charge in [0.15, 0.2) is 0 Å². The smallest absolute Gasteiger partial charge is 0.141 e. The van der Waals surface area contributed by atoms with E-state index < -0.39 is 0 Å². The molecule has 0 saturated carbocycles. The zero-order valence-electron chi connectivity index (χ0n) is 10.6. The molecular weight excluding hydrogens is 226 g/mol. The molecule has 0 aliphatic rings. The first-order chi connectivity index (χ1) is 8.79. The van der Waals surface area contributed by atoms with Gasteiger partial charge in [0.05, 0.1) is 13.7 Å². The van der Waals surface area contributed by atoms with Crippen molar-refractivity contribution in [3.63, 3.8) is 0 Å². The van der Waals surface area contributed by atoms with Crippen LogP contribution in [0.15, 0.2) is 42.7 Å². The standard InChI is InChI=1S/C14H17N3O/c1-11(12-5-3-6-13(9-12)18-2)17-10-14-15-7-4-8-16-14/h3-9,11,17H,10H2,1-2H3/t11-/m1/s1. The number of ether oxygens (including phenoxy) is 1. The largest absolute Gasteiger partial charge is 0.497 e. The molecule has 1 heterocycles. The molecule has 94 valence electrons. The summed E-state index contributed by atoms with van der Waals surface area (Å²) in [6.45, 7) is 2.76. The van der Waals surface area contributed by atoms with Gasteiger partial charge < -0.3 is 10.1 Å². The summed E-state index contributed by atoms with van der Waals surface area (Å²) in [5.74, 6) is 1.67. The molecule has 0 amide bonds. The third-order valence-corrected chi connectivity index (χ3v) is 2.78. The van der Waals surface area contributed by atoms with Crippen molar-refractivity contribution >= 4 is 0 Å². The molecule has 0 aliphatic carbocycles. The van der Waals surface area contributed by atoms with Gasteiger partial charge in [0.1, 0.15) is 11.6 Å². The van der Waals surface area contributed by atoms with E-state index >= 15 is 0 Å². The topological polar surface area (TPSA) is 47.0 Å². The zero-order valence-corrected chi connectivity index (χ0v) is 10.6. The molecule has 0 spiro atoms.